The Morgan fingerprint density at radius 1 is 1.48 bits per heavy atom. The molecule has 108 valence electrons. The molecule has 1 aromatic carbocycles. The van der Waals surface area contributed by atoms with Crippen LogP contribution >= 0.6 is 0 Å². The van der Waals surface area contributed by atoms with Gasteiger partial charge in [-0.3, -0.25) is 4.79 Å². The lowest BCUT2D eigenvalue weighted by Gasteiger charge is -2.04. The topological polar surface area (TPSA) is 78.0 Å². The summed E-state index contributed by atoms with van der Waals surface area (Å²) in [5.41, 5.74) is 1.18. The van der Waals surface area contributed by atoms with Gasteiger partial charge in [0.1, 0.15) is 5.82 Å². The average molecular weight is 287 g/mol. The first-order chi connectivity index (χ1) is 10.2. The van der Waals surface area contributed by atoms with E-state index in [0.29, 0.717) is 6.54 Å². The summed E-state index contributed by atoms with van der Waals surface area (Å²) in [6.07, 6.45) is 3.40. The van der Waals surface area contributed by atoms with Crippen molar-refractivity contribution in [3.05, 3.63) is 53.4 Å². The highest BCUT2D eigenvalue weighted by molar-refractivity contribution is 5.94. The zero-order valence-electron chi connectivity index (χ0n) is 11.2. The van der Waals surface area contributed by atoms with Gasteiger partial charge in [0.2, 0.25) is 0 Å². The number of carbonyl (C=O) groups excluding carboxylic acids is 1. The number of aromatic amines is 1. The highest BCUT2D eigenvalue weighted by atomic mass is 19.1. The van der Waals surface area contributed by atoms with Crippen LogP contribution in [0.2, 0.25) is 0 Å². The Balaban J connectivity index is 2.02. The predicted octanol–water partition coefficient (Wildman–Crippen LogP) is 1.21. The number of benzene rings is 1. The summed E-state index contributed by atoms with van der Waals surface area (Å²) in [6, 6.07) is 4.10. The second-order valence-corrected chi connectivity index (χ2v) is 4.23. The van der Waals surface area contributed by atoms with Crippen LogP contribution in [0.15, 0.2) is 30.7 Å². The first-order valence-corrected chi connectivity index (χ1v) is 6.35. The minimum Gasteiger partial charge on any atom is -0.395 e. The Bertz CT molecular complexity index is 672. The van der Waals surface area contributed by atoms with E-state index in [4.69, 9.17) is 5.11 Å². The second kappa shape index (κ2) is 7.22. The average Bonchev–Trinajstić information content (AvgIpc) is 3.00. The van der Waals surface area contributed by atoms with E-state index in [1.54, 1.807) is 6.20 Å². The summed E-state index contributed by atoms with van der Waals surface area (Å²) in [7, 11) is 0. The summed E-state index contributed by atoms with van der Waals surface area (Å²) in [4.78, 5) is 18.6. The molecule has 0 unspecified atom stereocenters. The number of hydrogen-bond acceptors (Lipinski definition) is 3. The molecule has 0 bridgehead atoms. The van der Waals surface area contributed by atoms with E-state index in [9.17, 15) is 9.18 Å². The minimum atomic E-state index is -0.561. The molecule has 5 nitrogen and oxygen atoms in total. The SMILES string of the molecule is O=C(NCc1cnc[nH]1)c1ccc(C#CCCO)c(F)c1. The molecular weight excluding hydrogens is 273 g/mol. The number of aliphatic hydroxyl groups is 1. The Kier molecular flexibility index (Phi) is 5.07. The van der Waals surface area contributed by atoms with Crippen LogP contribution in [0.1, 0.15) is 28.0 Å². The van der Waals surface area contributed by atoms with E-state index < -0.39 is 5.82 Å². The molecule has 2 aromatic rings. The normalized spacial score (nSPS) is 9.81. The van der Waals surface area contributed by atoms with Crippen LogP contribution in [0, 0.1) is 17.7 Å². The Hall–Kier alpha value is -2.65. The third-order valence-electron chi connectivity index (χ3n) is 2.69. The molecule has 0 aliphatic carbocycles. The van der Waals surface area contributed by atoms with Gasteiger partial charge in [-0.2, -0.15) is 0 Å². The van der Waals surface area contributed by atoms with E-state index >= 15 is 0 Å². The molecule has 2 rings (SSSR count). The molecule has 0 spiro atoms. The maximum absolute atomic E-state index is 13.8. The van der Waals surface area contributed by atoms with Crippen molar-refractivity contribution in [3.8, 4) is 11.8 Å². The van der Waals surface area contributed by atoms with Crippen LogP contribution in [0.25, 0.3) is 0 Å². The number of nitrogens with one attached hydrogen (secondary N) is 2. The van der Waals surface area contributed by atoms with Crippen LogP contribution in [0.5, 0.6) is 0 Å². The number of carbonyl (C=O) groups is 1. The van der Waals surface area contributed by atoms with Gasteiger partial charge < -0.3 is 15.4 Å². The van der Waals surface area contributed by atoms with Crippen molar-refractivity contribution in [1.29, 1.82) is 0 Å². The number of imidazole rings is 1. The molecule has 0 saturated heterocycles. The molecule has 6 heteroatoms. The fraction of sp³-hybridized carbons (Fsp3) is 0.200. The molecule has 21 heavy (non-hydrogen) atoms. The molecule has 1 heterocycles. The predicted molar refractivity (Wildman–Crippen MR) is 74.7 cm³/mol. The number of rotatable bonds is 4. The van der Waals surface area contributed by atoms with Gasteiger partial charge >= 0.3 is 0 Å². The van der Waals surface area contributed by atoms with Crippen molar-refractivity contribution in [2.45, 2.75) is 13.0 Å². The fourth-order valence-electron chi connectivity index (χ4n) is 1.63. The Labute approximate surface area is 121 Å². The molecule has 0 fully saturated rings. The van der Waals surface area contributed by atoms with E-state index in [2.05, 4.69) is 27.1 Å². The summed E-state index contributed by atoms with van der Waals surface area (Å²) < 4.78 is 13.8. The van der Waals surface area contributed by atoms with Gasteiger partial charge in [-0.1, -0.05) is 11.8 Å². The minimum absolute atomic E-state index is 0.0668. The number of halogens is 1. The Morgan fingerprint density at radius 3 is 3.00 bits per heavy atom. The number of H-pyrrole nitrogens is 1. The highest BCUT2D eigenvalue weighted by Crippen LogP contribution is 2.10. The highest BCUT2D eigenvalue weighted by Gasteiger charge is 2.09. The maximum Gasteiger partial charge on any atom is 0.251 e. The van der Waals surface area contributed by atoms with Crippen molar-refractivity contribution in [2.75, 3.05) is 6.61 Å². The van der Waals surface area contributed by atoms with Gasteiger partial charge in [0.05, 0.1) is 30.7 Å². The van der Waals surface area contributed by atoms with Crippen LogP contribution in [-0.4, -0.2) is 27.6 Å². The third kappa shape index (κ3) is 4.16. The standard InChI is InChI=1S/C15H14FN3O2/c16-14-7-12(5-4-11(14)3-1-2-6-20)15(21)18-9-13-8-17-10-19-13/h4-5,7-8,10,20H,2,6,9H2,(H,17,19)(H,18,21). The van der Waals surface area contributed by atoms with Crippen LogP contribution < -0.4 is 5.32 Å². The van der Waals surface area contributed by atoms with Gasteiger partial charge in [0.25, 0.3) is 5.91 Å². The molecule has 1 amide bonds. The molecule has 0 atom stereocenters. The van der Waals surface area contributed by atoms with Gasteiger partial charge in [-0.05, 0) is 18.2 Å². The number of aromatic nitrogens is 2. The summed E-state index contributed by atoms with van der Waals surface area (Å²) >= 11 is 0. The van der Waals surface area contributed by atoms with Crippen molar-refractivity contribution >= 4 is 5.91 Å². The van der Waals surface area contributed by atoms with Crippen LogP contribution in [0.3, 0.4) is 0 Å². The molecule has 1 aromatic heterocycles. The van der Waals surface area contributed by atoms with Crippen molar-refractivity contribution in [3.63, 3.8) is 0 Å². The zero-order valence-corrected chi connectivity index (χ0v) is 11.2. The summed E-state index contributed by atoms with van der Waals surface area (Å²) in [6.45, 7) is 0.223. The monoisotopic (exact) mass is 287 g/mol. The lowest BCUT2D eigenvalue weighted by atomic mass is 10.1. The van der Waals surface area contributed by atoms with Gasteiger partial charge in [0.15, 0.2) is 0 Å². The van der Waals surface area contributed by atoms with E-state index in [0.717, 1.165) is 11.8 Å². The smallest absolute Gasteiger partial charge is 0.251 e. The van der Waals surface area contributed by atoms with E-state index in [1.165, 1.54) is 18.5 Å². The van der Waals surface area contributed by atoms with Crippen LogP contribution in [0.4, 0.5) is 4.39 Å². The zero-order chi connectivity index (χ0) is 15.1. The lowest BCUT2D eigenvalue weighted by molar-refractivity contribution is 0.0950. The van der Waals surface area contributed by atoms with Crippen molar-refractivity contribution < 1.29 is 14.3 Å². The van der Waals surface area contributed by atoms with Gasteiger partial charge in [-0.25, -0.2) is 9.37 Å². The summed E-state index contributed by atoms with van der Waals surface area (Å²) in [5.74, 6) is 4.30. The fourth-order valence-corrected chi connectivity index (χ4v) is 1.63. The molecule has 0 aliphatic rings. The first kappa shape index (κ1) is 14.8. The molecule has 3 N–H and O–H groups in total. The number of amides is 1. The number of nitrogens with zero attached hydrogens (tertiary/aromatic N) is 1. The number of hydrogen-bond donors (Lipinski definition) is 3. The van der Waals surface area contributed by atoms with Gasteiger partial charge in [0, 0.05) is 18.2 Å². The molecule has 0 saturated carbocycles. The second-order valence-electron chi connectivity index (χ2n) is 4.23. The largest absolute Gasteiger partial charge is 0.395 e. The third-order valence-corrected chi connectivity index (χ3v) is 2.69. The summed E-state index contributed by atoms with van der Waals surface area (Å²) in [5, 5.41) is 11.3. The number of aliphatic hydroxyl groups excluding tert-OH is 1. The van der Waals surface area contributed by atoms with Gasteiger partial charge in [-0.15, -0.1) is 0 Å². The first-order valence-electron chi connectivity index (χ1n) is 6.35. The maximum atomic E-state index is 13.8. The quantitative estimate of drug-likeness (QED) is 0.740. The van der Waals surface area contributed by atoms with E-state index in [1.807, 2.05) is 0 Å². The van der Waals surface area contributed by atoms with Crippen LogP contribution in [-0.2, 0) is 6.54 Å². The molecule has 0 aliphatic heterocycles. The Morgan fingerprint density at radius 2 is 2.33 bits per heavy atom. The van der Waals surface area contributed by atoms with Crippen molar-refractivity contribution in [2.24, 2.45) is 0 Å². The van der Waals surface area contributed by atoms with E-state index in [-0.39, 0.29) is 30.1 Å². The molecule has 0 radical (unpaired) electrons. The molecular formula is C15H14FN3O2. The lowest BCUT2D eigenvalue weighted by Crippen LogP contribution is -2.23. The van der Waals surface area contributed by atoms with Crippen molar-refractivity contribution in [1.82, 2.24) is 15.3 Å².